The van der Waals surface area contributed by atoms with Gasteiger partial charge in [-0.2, -0.15) is 0 Å². The Balaban J connectivity index is 1.74. The quantitative estimate of drug-likeness (QED) is 0.845. The molecule has 1 unspecified atom stereocenters. The van der Waals surface area contributed by atoms with Gasteiger partial charge >= 0.3 is 0 Å². The van der Waals surface area contributed by atoms with Gasteiger partial charge in [0.05, 0.1) is 4.90 Å². The first-order valence-electron chi connectivity index (χ1n) is 7.50. The molecular formula is C17H17BrN2O3S. The number of sulfonamides is 1. The van der Waals surface area contributed by atoms with Crippen molar-refractivity contribution in [1.82, 2.24) is 4.72 Å². The van der Waals surface area contributed by atoms with Crippen LogP contribution in [0.2, 0.25) is 0 Å². The third kappa shape index (κ3) is 3.68. The zero-order valence-corrected chi connectivity index (χ0v) is 15.5. The maximum atomic E-state index is 12.4. The highest BCUT2D eigenvalue weighted by atomic mass is 79.9. The summed E-state index contributed by atoms with van der Waals surface area (Å²) in [6, 6.07) is 13.6. The van der Waals surface area contributed by atoms with Crippen LogP contribution in [0.1, 0.15) is 12.0 Å². The molecule has 1 amide bonds. The number of rotatable bonds is 4. The molecule has 0 spiro atoms. The summed E-state index contributed by atoms with van der Waals surface area (Å²) in [4.78, 5) is 14.0. The van der Waals surface area contributed by atoms with Gasteiger partial charge in [0, 0.05) is 29.2 Å². The van der Waals surface area contributed by atoms with Crippen LogP contribution in [0.5, 0.6) is 0 Å². The van der Waals surface area contributed by atoms with E-state index in [-0.39, 0.29) is 17.2 Å². The molecule has 1 saturated heterocycles. The van der Waals surface area contributed by atoms with Gasteiger partial charge in [-0.3, -0.25) is 4.79 Å². The van der Waals surface area contributed by atoms with E-state index in [9.17, 15) is 13.2 Å². The molecule has 1 fully saturated rings. The monoisotopic (exact) mass is 408 g/mol. The van der Waals surface area contributed by atoms with Gasteiger partial charge in [0.1, 0.15) is 0 Å². The van der Waals surface area contributed by atoms with Crippen molar-refractivity contribution in [2.45, 2.75) is 24.3 Å². The van der Waals surface area contributed by atoms with E-state index < -0.39 is 16.1 Å². The summed E-state index contributed by atoms with van der Waals surface area (Å²) in [6.45, 7) is 2.31. The van der Waals surface area contributed by atoms with Gasteiger partial charge < -0.3 is 4.90 Å². The van der Waals surface area contributed by atoms with Crippen LogP contribution in [0.25, 0.3) is 0 Å². The van der Waals surface area contributed by atoms with Gasteiger partial charge in [-0.15, -0.1) is 0 Å². The molecule has 1 N–H and O–H groups in total. The SMILES string of the molecule is Cc1ccc(N2CC(NS(=O)(=O)c3ccc(Br)cc3)CC2=O)cc1. The summed E-state index contributed by atoms with van der Waals surface area (Å²) >= 11 is 3.28. The minimum absolute atomic E-state index is 0.0811. The van der Waals surface area contributed by atoms with Gasteiger partial charge in [-0.1, -0.05) is 33.6 Å². The second kappa shape index (κ2) is 6.66. The van der Waals surface area contributed by atoms with E-state index >= 15 is 0 Å². The standard InChI is InChI=1S/C17H17BrN2O3S/c1-12-2-6-15(7-3-12)20-11-14(10-17(20)21)19-24(22,23)16-8-4-13(18)5-9-16/h2-9,14,19H,10-11H2,1H3. The van der Waals surface area contributed by atoms with E-state index in [1.165, 1.54) is 12.1 Å². The molecular weight excluding hydrogens is 392 g/mol. The Labute approximate surface area is 149 Å². The lowest BCUT2D eigenvalue weighted by atomic mass is 10.2. The molecule has 1 aliphatic rings. The first-order valence-corrected chi connectivity index (χ1v) is 9.78. The number of carbonyl (C=O) groups excluding carboxylic acids is 1. The first kappa shape index (κ1) is 17.1. The molecule has 24 heavy (non-hydrogen) atoms. The Hall–Kier alpha value is -1.70. The average molecular weight is 409 g/mol. The highest BCUT2D eigenvalue weighted by Gasteiger charge is 2.33. The minimum Gasteiger partial charge on any atom is -0.311 e. The van der Waals surface area contributed by atoms with Crippen molar-refractivity contribution in [3.05, 3.63) is 58.6 Å². The van der Waals surface area contributed by atoms with E-state index in [0.717, 1.165) is 15.7 Å². The molecule has 0 aliphatic carbocycles. The van der Waals surface area contributed by atoms with Gasteiger partial charge in [-0.25, -0.2) is 13.1 Å². The molecule has 0 bridgehead atoms. The molecule has 1 aliphatic heterocycles. The molecule has 1 atom stereocenters. The number of halogens is 1. The molecule has 1 heterocycles. The van der Waals surface area contributed by atoms with E-state index in [4.69, 9.17) is 0 Å². The molecule has 7 heteroatoms. The second-order valence-electron chi connectivity index (χ2n) is 5.82. The second-order valence-corrected chi connectivity index (χ2v) is 8.45. The molecule has 126 valence electrons. The lowest BCUT2D eigenvalue weighted by molar-refractivity contribution is -0.117. The number of amides is 1. The number of nitrogens with one attached hydrogen (secondary N) is 1. The number of nitrogens with zero attached hydrogens (tertiary/aromatic N) is 1. The van der Waals surface area contributed by atoms with Crippen molar-refractivity contribution in [3.8, 4) is 0 Å². The van der Waals surface area contributed by atoms with Crippen LogP contribution >= 0.6 is 15.9 Å². The van der Waals surface area contributed by atoms with E-state index in [0.29, 0.717) is 6.54 Å². The van der Waals surface area contributed by atoms with Crippen molar-refractivity contribution in [1.29, 1.82) is 0 Å². The lowest BCUT2D eigenvalue weighted by Gasteiger charge is -2.17. The maximum absolute atomic E-state index is 12.4. The fourth-order valence-electron chi connectivity index (χ4n) is 2.66. The predicted molar refractivity (Wildman–Crippen MR) is 96.4 cm³/mol. The van der Waals surface area contributed by atoms with E-state index in [1.54, 1.807) is 17.0 Å². The summed E-state index contributed by atoms with van der Waals surface area (Å²) in [5.74, 6) is -0.0811. The average Bonchev–Trinajstić information content (AvgIpc) is 2.88. The summed E-state index contributed by atoms with van der Waals surface area (Å²) in [5.41, 5.74) is 1.90. The molecule has 5 nitrogen and oxygen atoms in total. The Morgan fingerprint density at radius 1 is 1.08 bits per heavy atom. The smallest absolute Gasteiger partial charge is 0.240 e. The number of aryl methyl sites for hydroxylation is 1. The van der Waals surface area contributed by atoms with Crippen molar-refractivity contribution in [3.63, 3.8) is 0 Å². The number of carbonyl (C=O) groups is 1. The highest BCUT2D eigenvalue weighted by molar-refractivity contribution is 9.10. The van der Waals surface area contributed by atoms with Crippen molar-refractivity contribution < 1.29 is 13.2 Å². The predicted octanol–water partition coefficient (Wildman–Crippen LogP) is 2.84. The third-order valence-electron chi connectivity index (χ3n) is 3.92. The maximum Gasteiger partial charge on any atom is 0.240 e. The summed E-state index contributed by atoms with van der Waals surface area (Å²) in [5, 5.41) is 0. The van der Waals surface area contributed by atoms with Crippen LogP contribution in [0.4, 0.5) is 5.69 Å². The van der Waals surface area contributed by atoms with Crippen LogP contribution < -0.4 is 9.62 Å². The largest absolute Gasteiger partial charge is 0.311 e. The lowest BCUT2D eigenvalue weighted by Crippen LogP contribution is -2.37. The number of anilines is 1. The van der Waals surface area contributed by atoms with E-state index in [1.807, 2.05) is 31.2 Å². The topological polar surface area (TPSA) is 66.5 Å². The van der Waals surface area contributed by atoms with Crippen LogP contribution in [-0.2, 0) is 14.8 Å². The van der Waals surface area contributed by atoms with Crippen LogP contribution in [0, 0.1) is 6.92 Å². The fourth-order valence-corrected chi connectivity index (χ4v) is 4.15. The fraction of sp³-hybridized carbons (Fsp3) is 0.235. The molecule has 2 aromatic rings. The summed E-state index contributed by atoms with van der Waals surface area (Å²) in [6.07, 6.45) is 0.156. The van der Waals surface area contributed by atoms with Crippen LogP contribution in [0.15, 0.2) is 57.9 Å². The molecule has 0 radical (unpaired) electrons. The molecule has 0 aromatic heterocycles. The summed E-state index contributed by atoms with van der Waals surface area (Å²) in [7, 11) is -3.65. The Bertz CT molecular complexity index is 848. The Morgan fingerprint density at radius 2 is 1.71 bits per heavy atom. The van der Waals surface area contributed by atoms with Gasteiger partial charge in [-0.05, 0) is 43.3 Å². The Kier molecular flexibility index (Phi) is 4.76. The van der Waals surface area contributed by atoms with Gasteiger partial charge in [0.2, 0.25) is 15.9 Å². The first-order chi connectivity index (χ1) is 11.3. The van der Waals surface area contributed by atoms with Gasteiger partial charge in [0.15, 0.2) is 0 Å². The normalized spacial score (nSPS) is 18.2. The van der Waals surface area contributed by atoms with Crippen LogP contribution in [0.3, 0.4) is 0 Å². The number of hydrogen-bond acceptors (Lipinski definition) is 3. The van der Waals surface area contributed by atoms with Gasteiger partial charge in [0.25, 0.3) is 0 Å². The minimum atomic E-state index is -3.65. The molecule has 0 saturated carbocycles. The van der Waals surface area contributed by atoms with Crippen molar-refractivity contribution in [2.24, 2.45) is 0 Å². The molecule has 3 rings (SSSR count). The van der Waals surface area contributed by atoms with E-state index in [2.05, 4.69) is 20.7 Å². The Morgan fingerprint density at radius 3 is 2.33 bits per heavy atom. The third-order valence-corrected chi connectivity index (χ3v) is 5.98. The highest BCUT2D eigenvalue weighted by Crippen LogP contribution is 2.23. The van der Waals surface area contributed by atoms with Crippen molar-refractivity contribution in [2.75, 3.05) is 11.4 Å². The molecule has 2 aromatic carbocycles. The zero-order chi connectivity index (χ0) is 17.3. The summed E-state index contributed by atoms with van der Waals surface area (Å²) < 4.78 is 28.3. The van der Waals surface area contributed by atoms with Crippen molar-refractivity contribution >= 4 is 37.5 Å². The van der Waals surface area contributed by atoms with Crippen LogP contribution in [-0.4, -0.2) is 26.9 Å². The number of hydrogen-bond donors (Lipinski definition) is 1. The number of benzene rings is 2. The zero-order valence-electron chi connectivity index (χ0n) is 13.1.